The Hall–Kier alpha value is -1.96. The Labute approximate surface area is 107 Å². The van der Waals surface area contributed by atoms with Gasteiger partial charge in [-0.2, -0.15) is 13.2 Å². The van der Waals surface area contributed by atoms with Crippen LogP contribution in [0.4, 0.5) is 23.7 Å². The van der Waals surface area contributed by atoms with E-state index < -0.39 is 18.8 Å². The Kier molecular flexibility index (Phi) is 5.43. The van der Waals surface area contributed by atoms with Gasteiger partial charge >= 0.3 is 12.2 Å². The van der Waals surface area contributed by atoms with Gasteiger partial charge in [0.05, 0.1) is 6.61 Å². The van der Waals surface area contributed by atoms with E-state index in [0.29, 0.717) is 0 Å². The minimum atomic E-state index is -4.41. The molecular formula is C11H13F3N2O3. The number of aliphatic hydroxyl groups excluding tert-OH is 1. The van der Waals surface area contributed by atoms with E-state index in [1.54, 1.807) is 0 Å². The number of nitrogens with one attached hydrogen (secondary N) is 2. The lowest BCUT2D eigenvalue weighted by Crippen LogP contribution is -2.30. The van der Waals surface area contributed by atoms with Crippen LogP contribution in [-0.2, 0) is 0 Å². The highest BCUT2D eigenvalue weighted by molar-refractivity contribution is 5.89. The molecule has 0 saturated heterocycles. The number of carbonyl (C=O) groups is 1. The number of ether oxygens (including phenoxy) is 1. The molecule has 106 valence electrons. The first-order valence-electron chi connectivity index (χ1n) is 5.36. The van der Waals surface area contributed by atoms with Crippen LogP contribution in [0.3, 0.4) is 0 Å². The van der Waals surface area contributed by atoms with Gasteiger partial charge in [-0.1, -0.05) is 6.07 Å². The molecule has 0 saturated carbocycles. The molecule has 3 N–H and O–H groups in total. The number of halogens is 3. The van der Waals surface area contributed by atoms with Crippen LogP contribution >= 0.6 is 0 Å². The van der Waals surface area contributed by atoms with E-state index in [0.717, 1.165) is 0 Å². The highest BCUT2D eigenvalue weighted by Gasteiger charge is 2.28. The Balaban J connectivity index is 2.54. The number of urea groups is 1. The molecule has 0 aromatic heterocycles. The number of anilines is 1. The number of aliphatic hydroxyl groups is 1. The fraction of sp³-hybridized carbons (Fsp3) is 0.364. The van der Waals surface area contributed by atoms with Crippen LogP contribution in [-0.4, -0.2) is 37.1 Å². The van der Waals surface area contributed by atoms with Crippen molar-refractivity contribution in [1.82, 2.24) is 5.32 Å². The summed E-state index contributed by atoms with van der Waals surface area (Å²) in [5.41, 5.74) is 0.287. The van der Waals surface area contributed by atoms with Gasteiger partial charge < -0.3 is 20.5 Å². The van der Waals surface area contributed by atoms with Crippen molar-refractivity contribution in [2.45, 2.75) is 6.18 Å². The van der Waals surface area contributed by atoms with E-state index >= 15 is 0 Å². The van der Waals surface area contributed by atoms with Gasteiger partial charge in [-0.05, 0) is 12.1 Å². The van der Waals surface area contributed by atoms with Crippen molar-refractivity contribution in [2.75, 3.05) is 25.1 Å². The summed E-state index contributed by atoms with van der Waals surface area (Å²) in [4.78, 5) is 11.2. The molecule has 0 aliphatic rings. The summed E-state index contributed by atoms with van der Waals surface area (Å²) >= 11 is 0. The van der Waals surface area contributed by atoms with E-state index in [2.05, 4.69) is 15.4 Å². The average molecular weight is 278 g/mol. The molecule has 5 nitrogen and oxygen atoms in total. The summed E-state index contributed by atoms with van der Waals surface area (Å²) in [5.74, 6) is -0.00252. The van der Waals surface area contributed by atoms with Crippen LogP contribution in [0.15, 0.2) is 24.3 Å². The molecular weight excluding hydrogens is 265 g/mol. The Morgan fingerprint density at radius 3 is 2.74 bits per heavy atom. The van der Waals surface area contributed by atoms with Crippen molar-refractivity contribution < 1.29 is 27.8 Å². The quantitative estimate of drug-likeness (QED) is 0.768. The summed E-state index contributed by atoms with van der Waals surface area (Å²) in [5, 5.41) is 13.2. The maximum atomic E-state index is 12.0. The topological polar surface area (TPSA) is 70.6 Å². The zero-order valence-corrected chi connectivity index (χ0v) is 9.83. The normalized spacial score (nSPS) is 10.9. The number of alkyl halides is 3. The van der Waals surface area contributed by atoms with Gasteiger partial charge in [0.2, 0.25) is 0 Å². The van der Waals surface area contributed by atoms with Gasteiger partial charge in [0.25, 0.3) is 0 Å². The van der Waals surface area contributed by atoms with Gasteiger partial charge in [-0.3, -0.25) is 0 Å². The van der Waals surface area contributed by atoms with Crippen LogP contribution in [0.5, 0.6) is 5.75 Å². The van der Waals surface area contributed by atoms with Crippen LogP contribution in [0.1, 0.15) is 0 Å². The third kappa shape index (κ3) is 6.51. The molecule has 0 unspecified atom stereocenters. The number of amides is 2. The molecule has 8 heteroatoms. The van der Waals surface area contributed by atoms with Gasteiger partial charge in [0.15, 0.2) is 6.61 Å². The van der Waals surface area contributed by atoms with Crippen molar-refractivity contribution in [3.8, 4) is 5.75 Å². The maximum absolute atomic E-state index is 12.0. The number of carbonyl (C=O) groups excluding carboxylic acids is 1. The molecule has 2 amide bonds. The lowest BCUT2D eigenvalue weighted by molar-refractivity contribution is -0.153. The summed E-state index contributed by atoms with van der Waals surface area (Å²) in [6.07, 6.45) is -4.41. The average Bonchev–Trinajstić information content (AvgIpc) is 2.33. The van der Waals surface area contributed by atoms with Crippen LogP contribution in [0.25, 0.3) is 0 Å². The number of rotatable bonds is 5. The van der Waals surface area contributed by atoms with E-state index in [1.807, 2.05) is 0 Å². The molecule has 0 atom stereocenters. The van der Waals surface area contributed by atoms with Gasteiger partial charge in [0, 0.05) is 18.3 Å². The van der Waals surface area contributed by atoms with Crippen molar-refractivity contribution >= 4 is 11.7 Å². The first-order valence-corrected chi connectivity index (χ1v) is 5.36. The largest absolute Gasteiger partial charge is 0.484 e. The highest BCUT2D eigenvalue weighted by atomic mass is 19.4. The lowest BCUT2D eigenvalue weighted by atomic mass is 10.3. The summed E-state index contributed by atoms with van der Waals surface area (Å²) < 4.78 is 40.4. The minimum absolute atomic E-state index is 0.00252. The summed E-state index contributed by atoms with van der Waals surface area (Å²) in [6, 6.07) is 5.00. The highest BCUT2D eigenvalue weighted by Crippen LogP contribution is 2.21. The number of benzene rings is 1. The zero-order valence-electron chi connectivity index (χ0n) is 9.83. The van der Waals surface area contributed by atoms with E-state index in [4.69, 9.17) is 5.11 Å². The monoisotopic (exact) mass is 278 g/mol. The predicted octanol–water partition coefficient (Wildman–Crippen LogP) is 1.74. The molecule has 1 rings (SSSR count). The van der Waals surface area contributed by atoms with Gasteiger partial charge in [0.1, 0.15) is 5.75 Å². The summed E-state index contributed by atoms with van der Waals surface area (Å²) in [6.45, 7) is -1.52. The second-order valence-corrected chi connectivity index (χ2v) is 3.54. The Morgan fingerprint density at radius 2 is 2.11 bits per heavy atom. The second-order valence-electron chi connectivity index (χ2n) is 3.54. The zero-order chi connectivity index (χ0) is 14.3. The summed E-state index contributed by atoms with van der Waals surface area (Å²) in [7, 11) is 0. The molecule has 1 aromatic rings. The van der Waals surface area contributed by atoms with Crippen molar-refractivity contribution in [2.24, 2.45) is 0 Å². The van der Waals surface area contributed by atoms with Gasteiger partial charge in [-0.15, -0.1) is 0 Å². The predicted molar refractivity (Wildman–Crippen MR) is 62.1 cm³/mol. The third-order valence-electron chi connectivity index (χ3n) is 1.89. The lowest BCUT2D eigenvalue weighted by Gasteiger charge is -2.11. The first-order chi connectivity index (χ1) is 8.90. The SMILES string of the molecule is O=C(NCCO)Nc1cccc(OCC(F)(F)F)c1. The fourth-order valence-electron chi connectivity index (χ4n) is 1.17. The second kappa shape index (κ2) is 6.83. The Morgan fingerprint density at radius 1 is 1.37 bits per heavy atom. The Bertz CT molecular complexity index is 424. The molecule has 0 heterocycles. The van der Waals surface area contributed by atoms with Crippen molar-refractivity contribution in [3.05, 3.63) is 24.3 Å². The van der Waals surface area contributed by atoms with E-state index in [1.165, 1.54) is 24.3 Å². The minimum Gasteiger partial charge on any atom is -0.484 e. The molecule has 0 spiro atoms. The molecule has 0 radical (unpaired) electrons. The fourth-order valence-corrected chi connectivity index (χ4v) is 1.17. The van der Waals surface area contributed by atoms with E-state index in [9.17, 15) is 18.0 Å². The number of hydrogen-bond donors (Lipinski definition) is 3. The van der Waals surface area contributed by atoms with Crippen LogP contribution in [0, 0.1) is 0 Å². The first kappa shape index (κ1) is 15.1. The van der Waals surface area contributed by atoms with Crippen LogP contribution in [0.2, 0.25) is 0 Å². The van der Waals surface area contributed by atoms with Gasteiger partial charge in [-0.25, -0.2) is 4.79 Å². The molecule has 19 heavy (non-hydrogen) atoms. The van der Waals surface area contributed by atoms with Crippen LogP contribution < -0.4 is 15.4 Å². The van der Waals surface area contributed by atoms with E-state index in [-0.39, 0.29) is 24.6 Å². The maximum Gasteiger partial charge on any atom is 0.422 e. The molecule has 0 fully saturated rings. The molecule has 0 aliphatic heterocycles. The van der Waals surface area contributed by atoms with Crippen molar-refractivity contribution in [3.63, 3.8) is 0 Å². The molecule has 0 bridgehead atoms. The smallest absolute Gasteiger partial charge is 0.422 e. The number of hydrogen-bond acceptors (Lipinski definition) is 3. The molecule has 0 aliphatic carbocycles. The third-order valence-corrected chi connectivity index (χ3v) is 1.89. The standard InChI is InChI=1S/C11H13F3N2O3/c12-11(13,14)7-19-9-3-1-2-8(6-9)16-10(18)15-4-5-17/h1-3,6,17H,4-5,7H2,(H2,15,16,18). The molecule has 1 aromatic carbocycles. The van der Waals surface area contributed by atoms with Crippen molar-refractivity contribution in [1.29, 1.82) is 0 Å².